The number of hydrogen-bond donors (Lipinski definition) is 0. The van der Waals surface area contributed by atoms with Crippen LogP contribution in [0.3, 0.4) is 0 Å². The molecule has 30 heavy (non-hydrogen) atoms. The lowest BCUT2D eigenvalue weighted by Gasteiger charge is -2.51. The highest BCUT2D eigenvalue weighted by Gasteiger charge is 2.68. The molecule has 2 amide bonds. The summed E-state index contributed by atoms with van der Waals surface area (Å²) >= 11 is 3.43. The fourth-order valence-corrected chi connectivity index (χ4v) is 6.29. The van der Waals surface area contributed by atoms with Crippen LogP contribution in [0.2, 0.25) is 0 Å². The average Bonchev–Trinajstić information content (AvgIpc) is 3.05. The maximum Gasteiger partial charge on any atom is 0.239 e. The van der Waals surface area contributed by atoms with Gasteiger partial charge < -0.3 is 4.79 Å². The number of carbonyl (C=O) groups excluding carboxylic acids is 3. The molecule has 1 saturated heterocycles. The summed E-state index contributed by atoms with van der Waals surface area (Å²) in [5.41, 5.74) is 3.02. The van der Waals surface area contributed by atoms with Gasteiger partial charge in [-0.15, -0.1) is 0 Å². The molecule has 3 aromatic carbocycles. The summed E-state index contributed by atoms with van der Waals surface area (Å²) in [6, 6.07) is 22.7. The molecule has 2 bridgehead atoms. The molecule has 0 unspecified atom stereocenters. The average molecular weight is 458 g/mol. The molecule has 0 saturated carbocycles. The number of carbonyl (C=O) groups is 3. The third kappa shape index (κ3) is 1.94. The van der Waals surface area contributed by atoms with Crippen LogP contribution in [0.1, 0.15) is 28.2 Å². The van der Waals surface area contributed by atoms with Gasteiger partial charge in [0.2, 0.25) is 11.8 Å². The van der Waals surface area contributed by atoms with Crippen molar-refractivity contribution in [3.8, 4) is 0 Å². The smallest absolute Gasteiger partial charge is 0.239 e. The van der Waals surface area contributed by atoms with Gasteiger partial charge in [-0.25, -0.2) is 4.90 Å². The molecule has 1 heterocycles. The van der Waals surface area contributed by atoms with Crippen LogP contribution in [0.25, 0.3) is 0 Å². The van der Waals surface area contributed by atoms with Crippen molar-refractivity contribution in [2.75, 3.05) is 4.90 Å². The van der Waals surface area contributed by atoms with Gasteiger partial charge in [0, 0.05) is 10.4 Å². The lowest BCUT2D eigenvalue weighted by Crippen LogP contribution is -2.54. The van der Waals surface area contributed by atoms with Crippen LogP contribution in [0.4, 0.5) is 5.69 Å². The van der Waals surface area contributed by atoms with E-state index in [4.69, 9.17) is 0 Å². The van der Waals surface area contributed by atoms with E-state index < -0.39 is 17.3 Å². The molecule has 0 radical (unpaired) electrons. The largest absolute Gasteiger partial charge is 0.302 e. The molecule has 5 heteroatoms. The van der Waals surface area contributed by atoms with Crippen molar-refractivity contribution < 1.29 is 14.4 Å². The van der Waals surface area contributed by atoms with E-state index >= 15 is 0 Å². The van der Waals surface area contributed by atoms with Gasteiger partial charge in [0.25, 0.3) is 0 Å². The Hall–Kier alpha value is -3.05. The van der Waals surface area contributed by atoms with E-state index in [9.17, 15) is 14.4 Å². The number of nitrogens with zero attached hydrogens (tertiary/aromatic N) is 1. The zero-order valence-corrected chi connectivity index (χ0v) is 17.4. The summed E-state index contributed by atoms with van der Waals surface area (Å²) in [6.07, 6.45) is 0.896. The van der Waals surface area contributed by atoms with Crippen LogP contribution in [-0.4, -0.2) is 18.1 Å². The van der Waals surface area contributed by atoms with Crippen LogP contribution in [0.5, 0.6) is 0 Å². The first-order chi connectivity index (χ1) is 14.6. The third-order valence-corrected chi connectivity index (χ3v) is 7.43. The minimum absolute atomic E-state index is 0.233. The van der Waals surface area contributed by atoms with Crippen LogP contribution < -0.4 is 4.90 Å². The maximum atomic E-state index is 13.8. The van der Waals surface area contributed by atoms with Crippen molar-refractivity contribution in [2.24, 2.45) is 11.8 Å². The number of hydrogen-bond acceptors (Lipinski definition) is 3. The fraction of sp³-hybridized carbons (Fsp3) is 0.160. The predicted molar refractivity (Wildman–Crippen MR) is 115 cm³/mol. The van der Waals surface area contributed by atoms with Gasteiger partial charge in [-0.1, -0.05) is 70.5 Å². The number of benzene rings is 3. The van der Waals surface area contributed by atoms with E-state index in [2.05, 4.69) is 15.9 Å². The Bertz CT molecular complexity index is 1220. The second kappa shape index (κ2) is 5.99. The van der Waals surface area contributed by atoms with Gasteiger partial charge in [-0.05, 0) is 40.5 Å². The summed E-state index contributed by atoms with van der Waals surface area (Å²) in [7, 11) is 0. The zero-order chi connectivity index (χ0) is 20.6. The van der Waals surface area contributed by atoms with Crippen LogP contribution in [0, 0.1) is 11.8 Å². The van der Waals surface area contributed by atoms with Crippen molar-refractivity contribution in [1.82, 2.24) is 0 Å². The van der Waals surface area contributed by atoms with E-state index in [1.54, 1.807) is 18.2 Å². The standard InChI is InChI=1S/C25H16BrNO3/c26-14-6-5-7-15(12-14)27-23(29)21-20-16-8-1-3-10-18(16)25(13-28,22(21)24(27)30)19-11-4-2-9-17(19)20/h1-13,20-22H/t20?,21-,22-,25?/m0/s1. The Balaban J connectivity index is 1.66. The predicted octanol–water partition coefficient (Wildman–Crippen LogP) is 4.20. The topological polar surface area (TPSA) is 54.5 Å². The number of imide groups is 1. The third-order valence-electron chi connectivity index (χ3n) is 6.94. The fourth-order valence-electron chi connectivity index (χ4n) is 5.90. The molecular formula is C25H16BrNO3. The van der Waals surface area contributed by atoms with Gasteiger partial charge in [-0.2, -0.15) is 0 Å². The second-order valence-corrected chi connectivity index (χ2v) is 9.05. The van der Waals surface area contributed by atoms with Gasteiger partial charge in [0.1, 0.15) is 6.29 Å². The lowest BCUT2D eigenvalue weighted by atomic mass is 9.48. The first kappa shape index (κ1) is 17.8. The Morgan fingerprint density at radius 3 is 2.07 bits per heavy atom. The van der Waals surface area contributed by atoms with Crippen molar-refractivity contribution in [2.45, 2.75) is 11.3 Å². The first-order valence-corrected chi connectivity index (χ1v) is 10.7. The zero-order valence-electron chi connectivity index (χ0n) is 15.8. The summed E-state index contributed by atoms with van der Waals surface area (Å²) < 4.78 is 0.787. The highest BCUT2D eigenvalue weighted by Crippen LogP contribution is 2.63. The number of rotatable bonds is 2. The molecule has 0 N–H and O–H groups in total. The molecule has 4 aliphatic rings. The molecule has 7 rings (SSSR count). The van der Waals surface area contributed by atoms with E-state index in [1.165, 1.54) is 4.90 Å². The molecule has 3 aliphatic carbocycles. The van der Waals surface area contributed by atoms with Crippen LogP contribution in [-0.2, 0) is 19.8 Å². The number of amides is 2. The molecule has 1 aliphatic heterocycles. The molecule has 4 nitrogen and oxygen atoms in total. The molecule has 1 fully saturated rings. The summed E-state index contributed by atoms with van der Waals surface area (Å²) in [5.74, 6) is -2.10. The van der Waals surface area contributed by atoms with Gasteiger partial charge >= 0.3 is 0 Å². The van der Waals surface area contributed by atoms with Crippen molar-refractivity contribution >= 4 is 39.7 Å². The van der Waals surface area contributed by atoms with E-state index in [-0.39, 0.29) is 17.7 Å². The minimum Gasteiger partial charge on any atom is -0.302 e. The first-order valence-electron chi connectivity index (χ1n) is 9.88. The van der Waals surface area contributed by atoms with E-state index in [0.29, 0.717) is 5.69 Å². The maximum absolute atomic E-state index is 13.8. The van der Waals surface area contributed by atoms with Gasteiger partial charge in [-0.3, -0.25) is 9.59 Å². The number of halogens is 1. The quantitative estimate of drug-likeness (QED) is 0.428. The Morgan fingerprint density at radius 2 is 1.47 bits per heavy atom. The Kier molecular flexibility index (Phi) is 3.55. The normalized spacial score (nSPS) is 28.2. The molecule has 0 spiro atoms. The highest BCUT2D eigenvalue weighted by atomic mass is 79.9. The molecule has 2 atom stereocenters. The molecular weight excluding hydrogens is 442 g/mol. The lowest BCUT2D eigenvalue weighted by molar-refractivity contribution is -0.128. The van der Waals surface area contributed by atoms with E-state index in [0.717, 1.165) is 33.0 Å². The summed E-state index contributed by atoms with van der Waals surface area (Å²) in [6.45, 7) is 0. The van der Waals surface area contributed by atoms with Crippen LogP contribution in [0.15, 0.2) is 77.3 Å². The molecule has 3 aromatic rings. The van der Waals surface area contributed by atoms with E-state index in [1.807, 2.05) is 54.6 Å². The second-order valence-electron chi connectivity index (χ2n) is 8.13. The monoisotopic (exact) mass is 457 g/mol. The summed E-state index contributed by atoms with van der Waals surface area (Å²) in [4.78, 5) is 41.6. The van der Waals surface area contributed by atoms with Crippen LogP contribution >= 0.6 is 15.9 Å². The van der Waals surface area contributed by atoms with Gasteiger partial charge in [0.05, 0.1) is 22.9 Å². The summed E-state index contributed by atoms with van der Waals surface area (Å²) in [5, 5.41) is 0. The Labute approximate surface area is 181 Å². The number of aldehydes is 1. The van der Waals surface area contributed by atoms with Gasteiger partial charge in [0.15, 0.2) is 0 Å². The SMILES string of the molecule is O=CC12c3ccccc3C(c3ccccc31)[C@@H]1C(=O)N(c3cccc(Br)c3)C(=O)[C@H]12. The molecule has 146 valence electrons. The van der Waals surface area contributed by atoms with Crippen molar-refractivity contribution in [1.29, 1.82) is 0 Å². The number of anilines is 1. The highest BCUT2D eigenvalue weighted by molar-refractivity contribution is 9.10. The van der Waals surface area contributed by atoms with Crippen molar-refractivity contribution in [3.63, 3.8) is 0 Å². The van der Waals surface area contributed by atoms with Crippen molar-refractivity contribution in [3.05, 3.63) is 99.5 Å². The Morgan fingerprint density at radius 1 is 0.833 bits per heavy atom. The molecule has 0 aromatic heterocycles. The minimum atomic E-state index is -1.15.